The molecule has 0 radical (unpaired) electrons. The van der Waals surface area contributed by atoms with Crippen molar-refractivity contribution in [3.63, 3.8) is 0 Å². The maximum Gasteiger partial charge on any atom is 0.325 e. The van der Waals surface area contributed by atoms with Crippen molar-refractivity contribution in [3.05, 3.63) is 35.5 Å². The molecule has 0 aliphatic heterocycles. The predicted molar refractivity (Wildman–Crippen MR) is 107 cm³/mol. The highest BCUT2D eigenvalue weighted by Gasteiger charge is 2.21. The standard InChI is InChI=1S/C20H22FN3O4S/c21-15-8-6-13(7-9-15)16-12-29-20(23-16)24-17(25)11-28-18(26)10-22-19(27)14-4-2-1-3-5-14/h6-9,12,14H,1-5,10-11H2,(H,22,27)(H,23,24,25). The van der Waals surface area contributed by atoms with Crippen LogP contribution in [0.25, 0.3) is 11.3 Å². The van der Waals surface area contributed by atoms with Crippen LogP contribution in [0.2, 0.25) is 0 Å². The lowest BCUT2D eigenvalue weighted by molar-refractivity contribution is -0.147. The van der Waals surface area contributed by atoms with Gasteiger partial charge in [0, 0.05) is 16.9 Å². The molecule has 1 saturated carbocycles. The molecule has 2 aromatic rings. The zero-order chi connectivity index (χ0) is 20.6. The summed E-state index contributed by atoms with van der Waals surface area (Å²) in [7, 11) is 0. The predicted octanol–water partition coefficient (Wildman–Crippen LogP) is 3.13. The van der Waals surface area contributed by atoms with Crippen molar-refractivity contribution in [1.29, 1.82) is 0 Å². The first-order valence-electron chi connectivity index (χ1n) is 9.46. The summed E-state index contributed by atoms with van der Waals surface area (Å²) < 4.78 is 17.9. The number of thiazole rings is 1. The van der Waals surface area contributed by atoms with Gasteiger partial charge in [0.15, 0.2) is 11.7 Å². The van der Waals surface area contributed by atoms with E-state index in [4.69, 9.17) is 4.74 Å². The van der Waals surface area contributed by atoms with Gasteiger partial charge in [-0.2, -0.15) is 0 Å². The van der Waals surface area contributed by atoms with Crippen molar-refractivity contribution < 1.29 is 23.5 Å². The van der Waals surface area contributed by atoms with Crippen molar-refractivity contribution in [2.75, 3.05) is 18.5 Å². The van der Waals surface area contributed by atoms with E-state index in [9.17, 15) is 18.8 Å². The van der Waals surface area contributed by atoms with Gasteiger partial charge in [-0.25, -0.2) is 9.37 Å². The number of nitrogens with one attached hydrogen (secondary N) is 2. The summed E-state index contributed by atoms with van der Waals surface area (Å²) in [5.41, 5.74) is 1.33. The van der Waals surface area contributed by atoms with Gasteiger partial charge in [0.25, 0.3) is 5.91 Å². The Morgan fingerprint density at radius 2 is 1.86 bits per heavy atom. The van der Waals surface area contributed by atoms with E-state index in [0.29, 0.717) is 10.8 Å². The molecule has 9 heteroatoms. The van der Waals surface area contributed by atoms with Gasteiger partial charge in [0.05, 0.1) is 5.69 Å². The number of rotatable bonds is 7. The molecular formula is C20H22FN3O4S. The summed E-state index contributed by atoms with van der Waals surface area (Å²) in [5.74, 6) is -1.72. The maximum atomic E-state index is 13.0. The largest absolute Gasteiger partial charge is 0.454 e. The minimum atomic E-state index is -0.671. The Morgan fingerprint density at radius 3 is 2.59 bits per heavy atom. The highest BCUT2D eigenvalue weighted by Crippen LogP contribution is 2.25. The lowest BCUT2D eigenvalue weighted by atomic mass is 9.89. The number of halogens is 1. The molecule has 1 fully saturated rings. The Labute approximate surface area is 171 Å². The molecule has 0 atom stereocenters. The van der Waals surface area contributed by atoms with Crippen LogP contribution in [-0.2, 0) is 19.1 Å². The number of nitrogens with zero attached hydrogens (tertiary/aromatic N) is 1. The molecule has 2 N–H and O–H groups in total. The van der Waals surface area contributed by atoms with Crippen LogP contribution in [0, 0.1) is 11.7 Å². The number of carbonyl (C=O) groups is 3. The van der Waals surface area contributed by atoms with Gasteiger partial charge in [-0.15, -0.1) is 11.3 Å². The second kappa shape index (κ2) is 10.1. The Kier molecular flexibility index (Phi) is 7.29. The summed E-state index contributed by atoms with van der Waals surface area (Å²) in [6.07, 6.45) is 4.89. The minimum absolute atomic E-state index is 0.0416. The van der Waals surface area contributed by atoms with Gasteiger partial charge in [-0.05, 0) is 37.1 Å². The monoisotopic (exact) mass is 419 g/mol. The van der Waals surface area contributed by atoms with Crippen LogP contribution in [0.5, 0.6) is 0 Å². The van der Waals surface area contributed by atoms with E-state index in [1.807, 2.05) is 0 Å². The first kappa shape index (κ1) is 20.9. The van der Waals surface area contributed by atoms with Crippen LogP contribution in [0.15, 0.2) is 29.6 Å². The number of anilines is 1. The summed E-state index contributed by atoms with van der Waals surface area (Å²) in [6, 6.07) is 5.86. The molecule has 0 unspecified atom stereocenters. The Bertz CT molecular complexity index is 863. The molecule has 1 heterocycles. The third-order valence-corrected chi connectivity index (χ3v) is 5.40. The second-order valence-electron chi connectivity index (χ2n) is 6.81. The first-order valence-corrected chi connectivity index (χ1v) is 10.3. The summed E-state index contributed by atoms with van der Waals surface area (Å²) >= 11 is 1.21. The molecule has 0 saturated heterocycles. The SMILES string of the molecule is O=C(COC(=O)CNC(=O)C1CCCCC1)Nc1nc(-c2ccc(F)cc2)cs1. The highest BCUT2D eigenvalue weighted by molar-refractivity contribution is 7.14. The number of amides is 2. The summed E-state index contributed by atoms with van der Waals surface area (Å²) in [6.45, 7) is -0.724. The van der Waals surface area contributed by atoms with Gasteiger partial charge in [0.2, 0.25) is 5.91 Å². The lowest BCUT2D eigenvalue weighted by Gasteiger charge is -2.20. The van der Waals surface area contributed by atoms with E-state index in [2.05, 4.69) is 15.6 Å². The van der Waals surface area contributed by atoms with Crippen LogP contribution in [0.3, 0.4) is 0 Å². The fourth-order valence-corrected chi connectivity index (χ4v) is 3.84. The number of carbonyl (C=O) groups excluding carboxylic acids is 3. The number of hydrogen-bond donors (Lipinski definition) is 2. The van der Waals surface area contributed by atoms with Gasteiger partial charge in [0.1, 0.15) is 12.4 Å². The molecular weight excluding hydrogens is 397 g/mol. The zero-order valence-corrected chi connectivity index (χ0v) is 16.6. The Morgan fingerprint density at radius 1 is 1.14 bits per heavy atom. The number of esters is 1. The van der Waals surface area contributed by atoms with Crippen molar-refractivity contribution in [1.82, 2.24) is 10.3 Å². The fraction of sp³-hybridized carbons (Fsp3) is 0.400. The maximum absolute atomic E-state index is 13.0. The fourth-order valence-electron chi connectivity index (χ4n) is 3.11. The topological polar surface area (TPSA) is 97.4 Å². The highest BCUT2D eigenvalue weighted by atomic mass is 32.1. The quantitative estimate of drug-likeness (QED) is 0.672. The number of hydrogen-bond acceptors (Lipinski definition) is 6. The molecule has 2 amide bonds. The molecule has 1 aromatic heterocycles. The van der Waals surface area contributed by atoms with E-state index in [1.54, 1.807) is 17.5 Å². The molecule has 7 nitrogen and oxygen atoms in total. The van der Waals surface area contributed by atoms with Gasteiger partial charge < -0.3 is 10.1 Å². The number of benzene rings is 1. The van der Waals surface area contributed by atoms with Crippen molar-refractivity contribution in [2.24, 2.45) is 5.92 Å². The average molecular weight is 419 g/mol. The number of ether oxygens (including phenoxy) is 1. The molecule has 0 spiro atoms. The lowest BCUT2D eigenvalue weighted by Crippen LogP contribution is -2.36. The molecule has 29 heavy (non-hydrogen) atoms. The Balaban J connectivity index is 1.39. The zero-order valence-electron chi connectivity index (χ0n) is 15.8. The molecule has 1 aromatic carbocycles. The van der Waals surface area contributed by atoms with Crippen LogP contribution in [-0.4, -0.2) is 35.9 Å². The van der Waals surface area contributed by atoms with E-state index in [1.165, 1.54) is 23.5 Å². The van der Waals surface area contributed by atoms with Crippen LogP contribution in [0.4, 0.5) is 9.52 Å². The van der Waals surface area contributed by atoms with Crippen LogP contribution < -0.4 is 10.6 Å². The van der Waals surface area contributed by atoms with Crippen molar-refractivity contribution in [2.45, 2.75) is 32.1 Å². The van der Waals surface area contributed by atoms with E-state index in [-0.39, 0.29) is 24.2 Å². The molecule has 1 aliphatic carbocycles. The third-order valence-electron chi connectivity index (χ3n) is 4.64. The van der Waals surface area contributed by atoms with E-state index >= 15 is 0 Å². The molecule has 3 rings (SSSR count). The van der Waals surface area contributed by atoms with Crippen LogP contribution in [0.1, 0.15) is 32.1 Å². The normalized spacial score (nSPS) is 14.2. The second-order valence-corrected chi connectivity index (χ2v) is 7.66. The Hall–Kier alpha value is -2.81. The number of aromatic nitrogens is 1. The molecule has 0 bridgehead atoms. The van der Waals surface area contributed by atoms with Crippen LogP contribution >= 0.6 is 11.3 Å². The molecule has 154 valence electrons. The minimum Gasteiger partial charge on any atom is -0.454 e. The van der Waals surface area contributed by atoms with Crippen molar-refractivity contribution >= 4 is 34.3 Å². The smallest absolute Gasteiger partial charge is 0.325 e. The van der Waals surface area contributed by atoms with E-state index < -0.39 is 18.5 Å². The summed E-state index contributed by atoms with van der Waals surface area (Å²) in [5, 5.41) is 7.19. The summed E-state index contributed by atoms with van der Waals surface area (Å²) in [4.78, 5) is 39.9. The third kappa shape index (κ3) is 6.35. The van der Waals surface area contributed by atoms with E-state index in [0.717, 1.165) is 37.7 Å². The van der Waals surface area contributed by atoms with Crippen molar-refractivity contribution in [3.8, 4) is 11.3 Å². The molecule has 1 aliphatic rings. The van der Waals surface area contributed by atoms with Gasteiger partial charge >= 0.3 is 5.97 Å². The average Bonchev–Trinajstić information content (AvgIpc) is 3.20. The van der Waals surface area contributed by atoms with Gasteiger partial charge in [-0.3, -0.25) is 19.7 Å². The first-order chi connectivity index (χ1) is 14.0. The van der Waals surface area contributed by atoms with Gasteiger partial charge in [-0.1, -0.05) is 19.3 Å².